The van der Waals surface area contributed by atoms with Crippen molar-refractivity contribution >= 4 is 17.5 Å². The third-order valence-electron chi connectivity index (χ3n) is 3.42. The number of fused-ring (bicyclic) bond motifs is 1. The van der Waals surface area contributed by atoms with Gasteiger partial charge in [0.05, 0.1) is 11.1 Å². The van der Waals surface area contributed by atoms with Gasteiger partial charge in [-0.2, -0.15) is 0 Å². The van der Waals surface area contributed by atoms with Crippen molar-refractivity contribution in [3.05, 3.63) is 47.1 Å². The van der Waals surface area contributed by atoms with Crippen molar-refractivity contribution in [1.29, 1.82) is 0 Å². The van der Waals surface area contributed by atoms with Crippen LogP contribution in [0, 0.1) is 0 Å². The Labute approximate surface area is 132 Å². The molecule has 0 aliphatic heterocycles. The van der Waals surface area contributed by atoms with Crippen LogP contribution in [0.1, 0.15) is 41.0 Å². The maximum absolute atomic E-state index is 12.6. The van der Waals surface area contributed by atoms with E-state index in [1.807, 2.05) is 0 Å². The average Bonchev–Trinajstić information content (AvgIpc) is 2.49. The van der Waals surface area contributed by atoms with Crippen molar-refractivity contribution in [2.45, 2.75) is 26.4 Å². The predicted octanol–water partition coefficient (Wildman–Crippen LogP) is 2.30. The van der Waals surface area contributed by atoms with Gasteiger partial charge < -0.3 is 14.9 Å². The zero-order valence-electron chi connectivity index (χ0n) is 12.7. The van der Waals surface area contributed by atoms with Crippen LogP contribution in [0.3, 0.4) is 0 Å². The summed E-state index contributed by atoms with van der Waals surface area (Å²) in [6.07, 6.45) is 3.75. The highest BCUT2D eigenvalue weighted by atomic mass is 16.5. The molecule has 1 aromatic carbocycles. The first-order valence-corrected chi connectivity index (χ1v) is 7.00. The molecule has 0 saturated heterocycles. The number of phenolic OH excluding ortho intramolecular Hbond substituents is 2. The summed E-state index contributed by atoms with van der Waals surface area (Å²) in [7, 11) is 0. The number of carbonyl (C=O) groups excluding carboxylic acids is 3. The fourth-order valence-electron chi connectivity index (χ4n) is 2.42. The van der Waals surface area contributed by atoms with Gasteiger partial charge in [0.15, 0.2) is 11.6 Å². The molecule has 0 unspecified atom stereocenters. The lowest BCUT2D eigenvalue weighted by Gasteiger charge is -2.22. The highest BCUT2D eigenvalue weighted by Gasteiger charge is 2.35. The number of Topliss-reactive ketones (excluding diaryl/α,β-unsaturated/α-hetero) is 1. The lowest BCUT2D eigenvalue weighted by Crippen LogP contribution is -2.28. The zero-order valence-corrected chi connectivity index (χ0v) is 12.7. The fourth-order valence-corrected chi connectivity index (χ4v) is 2.42. The molecule has 0 saturated carbocycles. The summed E-state index contributed by atoms with van der Waals surface area (Å²) in [4.78, 5) is 36.1. The van der Waals surface area contributed by atoms with Gasteiger partial charge >= 0.3 is 5.97 Å². The van der Waals surface area contributed by atoms with Crippen LogP contribution in [0.15, 0.2) is 35.9 Å². The van der Waals surface area contributed by atoms with E-state index in [1.54, 1.807) is 19.1 Å². The van der Waals surface area contributed by atoms with Crippen LogP contribution in [0.4, 0.5) is 0 Å². The van der Waals surface area contributed by atoms with Gasteiger partial charge in [-0.15, -0.1) is 0 Å². The number of phenols is 2. The van der Waals surface area contributed by atoms with Crippen molar-refractivity contribution in [2.24, 2.45) is 0 Å². The highest BCUT2D eigenvalue weighted by molar-refractivity contribution is 6.27. The summed E-state index contributed by atoms with van der Waals surface area (Å²) in [6, 6.07) is 2.27. The number of hydrogen-bond acceptors (Lipinski definition) is 6. The number of esters is 1. The Balaban J connectivity index is 2.52. The molecule has 0 amide bonds. The Hall–Kier alpha value is -2.89. The van der Waals surface area contributed by atoms with E-state index in [4.69, 9.17) is 4.74 Å². The van der Waals surface area contributed by atoms with Crippen LogP contribution in [-0.2, 0) is 9.53 Å². The number of carbonyl (C=O) groups is 3. The van der Waals surface area contributed by atoms with Crippen LogP contribution in [0.2, 0.25) is 0 Å². The highest BCUT2D eigenvalue weighted by Crippen LogP contribution is 2.36. The normalized spacial score (nSPS) is 15.3. The van der Waals surface area contributed by atoms with Crippen molar-refractivity contribution in [3.8, 4) is 11.5 Å². The predicted molar refractivity (Wildman–Crippen MR) is 81.5 cm³/mol. The topological polar surface area (TPSA) is 101 Å². The summed E-state index contributed by atoms with van der Waals surface area (Å²) in [5.41, 5.74) is -0.548. The third-order valence-corrected chi connectivity index (χ3v) is 3.42. The fraction of sp³-hybridized carbons (Fsp3) is 0.235. The van der Waals surface area contributed by atoms with Crippen molar-refractivity contribution < 1.29 is 29.3 Å². The Morgan fingerprint density at radius 1 is 1.22 bits per heavy atom. The van der Waals surface area contributed by atoms with Gasteiger partial charge in [0.1, 0.15) is 17.6 Å². The van der Waals surface area contributed by atoms with Crippen molar-refractivity contribution in [2.75, 3.05) is 0 Å². The number of hydrogen-bond donors (Lipinski definition) is 2. The molecule has 1 aliphatic carbocycles. The molecule has 0 aromatic heterocycles. The zero-order chi connectivity index (χ0) is 17.1. The SMILES string of the molecule is C/C=C/C[C@@H](OC(C)=O)C1=CC(=O)c2c(O)ccc(O)c2C1=O. The first kappa shape index (κ1) is 16.5. The first-order chi connectivity index (χ1) is 10.9. The van der Waals surface area contributed by atoms with Crippen molar-refractivity contribution in [3.63, 3.8) is 0 Å². The molecule has 120 valence electrons. The standard InChI is InChI=1S/C17H16O6/c1-3-4-5-14(23-9(2)18)10-8-13(21)15-11(19)6-7-12(20)16(15)17(10)22/h3-4,6-8,14,19-20H,5H2,1-2H3/b4-3+/t14-/m1/s1. The van der Waals surface area contributed by atoms with Crippen LogP contribution in [-0.4, -0.2) is 33.9 Å². The van der Waals surface area contributed by atoms with E-state index < -0.39 is 29.4 Å². The molecule has 2 N–H and O–H groups in total. The summed E-state index contributed by atoms with van der Waals surface area (Å²) in [6.45, 7) is 2.97. The Morgan fingerprint density at radius 3 is 2.39 bits per heavy atom. The van der Waals surface area contributed by atoms with Crippen LogP contribution >= 0.6 is 0 Å². The molecule has 0 spiro atoms. The van der Waals surface area contributed by atoms with Gasteiger partial charge in [-0.1, -0.05) is 12.2 Å². The molecular formula is C17H16O6. The van der Waals surface area contributed by atoms with E-state index in [0.717, 1.165) is 18.2 Å². The molecule has 6 heteroatoms. The van der Waals surface area contributed by atoms with Gasteiger partial charge in [0, 0.05) is 18.9 Å². The monoisotopic (exact) mass is 316 g/mol. The van der Waals surface area contributed by atoms with Crippen LogP contribution in [0.25, 0.3) is 0 Å². The second kappa shape index (κ2) is 6.48. The quantitative estimate of drug-likeness (QED) is 0.502. The lowest BCUT2D eigenvalue weighted by molar-refractivity contribution is -0.144. The van der Waals surface area contributed by atoms with Crippen LogP contribution < -0.4 is 0 Å². The second-order valence-electron chi connectivity index (χ2n) is 5.05. The maximum Gasteiger partial charge on any atom is 0.303 e. The molecule has 0 fully saturated rings. The molecule has 23 heavy (non-hydrogen) atoms. The minimum atomic E-state index is -0.935. The van der Waals surface area contributed by atoms with Gasteiger partial charge in [-0.3, -0.25) is 14.4 Å². The van der Waals surface area contributed by atoms with E-state index in [9.17, 15) is 24.6 Å². The molecule has 1 aromatic rings. The molecular weight excluding hydrogens is 300 g/mol. The number of ether oxygens (including phenoxy) is 1. The van der Waals surface area contributed by atoms with Crippen molar-refractivity contribution in [1.82, 2.24) is 0 Å². The number of benzene rings is 1. The number of ketones is 2. The van der Waals surface area contributed by atoms with Crippen LogP contribution in [0.5, 0.6) is 11.5 Å². The van der Waals surface area contributed by atoms with E-state index in [-0.39, 0.29) is 28.9 Å². The minimum absolute atomic E-state index is 0.0308. The summed E-state index contributed by atoms with van der Waals surface area (Å²) in [5.74, 6) is -2.66. The minimum Gasteiger partial charge on any atom is -0.507 e. The van der Waals surface area contributed by atoms with Gasteiger partial charge in [-0.05, 0) is 25.1 Å². The summed E-state index contributed by atoms with van der Waals surface area (Å²) >= 11 is 0. The average molecular weight is 316 g/mol. The third kappa shape index (κ3) is 3.15. The molecule has 0 heterocycles. The van der Waals surface area contributed by atoms with Gasteiger partial charge in [0.25, 0.3) is 0 Å². The van der Waals surface area contributed by atoms with E-state index >= 15 is 0 Å². The molecule has 1 aliphatic rings. The molecule has 6 nitrogen and oxygen atoms in total. The van der Waals surface area contributed by atoms with E-state index in [2.05, 4.69) is 0 Å². The summed E-state index contributed by atoms with van der Waals surface area (Å²) in [5, 5.41) is 19.7. The van der Waals surface area contributed by atoms with Gasteiger partial charge in [-0.25, -0.2) is 0 Å². The molecule has 2 rings (SSSR count). The van der Waals surface area contributed by atoms with E-state index in [0.29, 0.717) is 0 Å². The largest absolute Gasteiger partial charge is 0.507 e. The lowest BCUT2D eigenvalue weighted by atomic mass is 9.85. The smallest absolute Gasteiger partial charge is 0.303 e. The Kier molecular flexibility index (Phi) is 4.64. The molecule has 0 radical (unpaired) electrons. The molecule has 0 bridgehead atoms. The second-order valence-corrected chi connectivity index (χ2v) is 5.05. The summed E-state index contributed by atoms with van der Waals surface area (Å²) < 4.78 is 5.12. The number of rotatable bonds is 4. The number of allylic oxidation sites excluding steroid dienone is 2. The van der Waals surface area contributed by atoms with E-state index in [1.165, 1.54) is 6.92 Å². The maximum atomic E-state index is 12.6. The molecule has 1 atom stereocenters. The Bertz CT molecular complexity index is 742. The number of aromatic hydroxyl groups is 2. The first-order valence-electron chi connectivity index (χ1n) is 7.00. The Morgan fingerprint density at radius 2 is 1.83 bits per heavy atom. The van der Waals surface area contributed by atoms with Gasteiger partial charge in [0.2, 0.25) is 0 Å².